The molecule has 3 amide bonds. The molecule has 3 aromatic rings. The first-order valence-electron chi connectivity index (χ1n) is 10.1. The number of nitrogens with zero attached hydrogens (tertiary/aromatic N) is 1. The fourth-order valence-electron chi connectivity index (χ4n) is 3.70. The van der Waals surface area contributed by atoms with E-state index in [0.29, 0.717) is 18.7 Å². The number of amides is 3. The molecule has 4 rings (SSSR count). The monoisotopic (exact) mass is 399 g/mol. The minimum Gasteiger partial charge on any atom is -0.334 e. The molecule has 5 heteroatoms. The van der Waals surface area contributed by atoms with Gasteiger partial charge in [0.1, 0.15) is 0 Å². The van der Waals surface area contributed by atoms with Crippen molar-refractivity contribution in [2.45, 2.75) is 26.8 Å². The van der Waals surface area contributed by atoms with Gasteiger partial charge in [-0.2, -0.15) is 0 Å². The van der Waals surface area contributed by atoms with E-state index in [-0.39, 0.29) is 11.9 Å². The first kappa shape index (κ1) is 19.7. The predicted octanol–water partition coefficient (Wildman–Crippen LogP) is 4.83. The molecule has 3 aromatic carbocycles. The third-order valence-electron chi connectivity index (χ3n) is 5.41. The Morgan fingerprint density at radius 3 is 2.57 bits per heavy atom. The summed E-state index contributed by atoms with van der Waals surface area (Å²) < 4.78 is 0. The van der Waals surface area contributed by atoms with Gasteiger partial charge in [-0.3, -0.25) is 4.79 Å². The van der Waals surface area contributed by atoms with Crippen LogP contribution in [0.2, 0.25) is 0 Å². The van der Waals surface area contributed by atoms with E-state index in [1.165, 1.54) is 0 Å². The van der Waals surface area contributed by atoms with Crippen LogP contribution in [-0.4, -0.2) is 18.5 Å². The molecule has 1 aliphatic rings. The molecule has 30 heavy (non-hydrogen) atoms. The SMILES string of the molecule is Cc1ccc(C)c(NC(=O)NCc2ccc3c(c2)N(C(=O)c2ccccc2)CC3)c1. The summed E-state index contributed by atoms with van der Waals surface area (Å²) in [4.78, 5) is 27.1. The number of carbonyl (C=O) groups excluding carboxylic acids is 2. The highest BCUT2D eigenvalue weighted by Gasteiger charge is 2.25. The van der Waals surface area contributed by atoms with E-state index in [1.807, 2.05) is 85.5 Å². The summed E-state index contributed by atoms with van der Waals surface area (Å²) in [6.45, 7) is 5.02. The van der Waals surface area contributed by atoms with Crippen LogP contribution < -0.4 is 15.5 Å². The fraction of sp³-hybridized carbons (Fsp3) is 0.200. The van der Waals surface area contributed by atoms with Gasteiger partial charge in [0.25, 0.3) is 5.91 Å². The van der Waals surface area contributed by atoms with Crippen LogP contribution in [0.4, 0.5) is 16.2 Å². The van der Waals surface area contributed by atoms with Crippen molar-refractivity contribution in [2.24, 2.45) is 0 Å². The second kappa shape index (κ2) is 8.41. The minimum absolute atomic E-state index is 0.00660. The largest absolute Gasteiger partial charge is 0.334 e. The van der Waals surface area contributed by atoms with Gasteiger partial charge in [0, 0.05) is 30.0 Å². The zero-order chi connectivity index (χ0) is 21.1. The van der Waals surface area contributed by atoms with Crippen LogP contribution in [0.1, 0.15) is 32.6 Å². The van der Waals surface area contributed by atoms with Gasteiger partial charge in [0.05, 0.1) is 0 Å². The number of carbonyl (C=O) groups is 2. The average Bonchev–Trinajstić information content (AvgIpc) is 3.18. The molecule has 0 atom stereocenters. The Kier molecular flexibility index (Phi) is 5.53. The van der Waals surface area contributed by atoms with Gasteiger partial charge in [0.15, 0.2) is 0 Å². The second-order valence-corrected chi connectivity index (χ2v) is 7.66. The molecule has 1 heterocycles. The van der Waals surface area contributed by atoms with E-state index < -0.39 is 0 Å². The lowest BCUT2D eigenvalue weighted by molar-refractivity contribution is 0.0989. The van der Waals surface area contributed by atoms with Crippen molar-refractivity contribution in [3.63, 3.8) is 0 Å². The third kappa shape index (κ3) is 4.20. The van der Waals surface area contributed by atoms with Gasteiger partial charge in [-0.05, 0) is 66.8 Å². The molecule has 0 unspecified atom stereocenters. The van der Waals surface area contributed by atoms with Crippen LogP contribution in [0, 0.1) is 13.8 Å². The highest BCUT2D eigenvalue weighted by Crippen LogP contribution is 2.30. The summed E-state index contributed by atoms with van der Waals surface area (Å²) in [7, 11) is 0. The molecule has 152 valence electrons. The molecular formula is C25H25N3O2. The molecule has 0 saturated heterocycles. The topological polar surface area (TPSA) is 61.4 Å². The van der Waals surface area contributed by atoms with Gasteiger partial charge < -0.3 is 15.5 Å². The standard InChI is InChI=1S/C25H25N3O2/c1-17-8-9-18(2)22(14-17)27-25(30)26-16-19-10-11-20-12-13-28(23(20)15-19)24(29)21-6-4-3-5-7-21/h3-11,14-15H,12-13,16H2,1-2H3,(H2,26,27,30). The van der Waals surface area contributed by atoms with Crippen molar-refractivity contribution in [3.8, 4) is 0 Å². The third-order valence-corrected chi connectivity index (χ3v) is 5.41. The van der Waals surface area contributed by atoms with Crippen LogP contribution in [0.5, 0.6) is 0 Å². The zero-order valence-electron chi connectivity index (χ0n) is 17.2. The van der Waals surface area contributed by atoms with E-state index in [2.05, 4.69) is 10.6 Å². The molecule has 5 nitrogen and oxygen atoms in total. The molecular weight excluding hydrogens is 374 g/mol. The van der Waals surface area contributed by atoms with Gasteiger partial charge in [-0.15, -0.1) is 0 Å². The fourth-order valence-corrected chi connectivity index (χ4v) is 3.70. The summed E-state index contributed by atoms with van der Waals surface area (Å²) in [6.07, 6.45) is 0.842. The number of rotatable bonds is 4. The number of hydrogen-bond donors (Lipinski definition) is 2. The van der Waals surface area contributed by atoms with E-state index in [4.69, 9.17) is 0 Å². The summed E-state index contributed by atoms with van der Waals surface area (Å²) in [5.74, 6) is 0.00660. The highest BCUT2D eigenvalue weighted by atomic mass is 16.2. The summed E-state index contributed by atoms with van der Waals surface area (Å²) in [6, 6.07) is 21.1. The number of benzene rings is 3. The summed E-state index contributed by atoms with van der Waals surface area (Å²) in [5, 5.41) is 5.82. The number of fused-ring (bicyclic) bond motifs is 1. The van der Waals surface area contributed by atoms with Crippen LogP contribution in [0.3, 0.4) is 0 Å². The summed E-state index contributed by atoms with van der Waals surface area (Å²) in [5.41, 5.74) is 6.64. The Bertz CT molecular complexity index is 1090. The highest BCUT2D eigenvalue weighted by molar-refractivity contribution is 6.07. The lowest BCUT2D eigenvalue weighted by atomic mass is 10.1. The maximum atomic E-state index is 12.9. The van der Waals surface area contributed by atoms with Crippen molar-refractivity contribution in [1.82, 2.24) is 5.32 Å². The number of nitrogens with one attached hydrogen (secondary N) is 2. The van der Waals surface area contributed by atoms with Crippen molar-refractivity contribution in [2.75, 3.05) is 16.8 Å². The molecule has 0 radical (unpaired) electrons. The van der Waals surface area contributed by atoms with Crippen LogP contribution >= 0.6 is 0 Å². The van der Waals surface area contributed by atoms with Gasteiger partial charge in [0.2, 0.25) is 0 Å². The van der Waals surface area contributed by atoms with Crippen LogP contribution in [0.15, 0.2) is 66.7 Å². The Labute approximate surface area is 176 Å². The Morgan fingerprint density at radius 2 is 1.77 bits per heavy atom. The maximum Gasteiger partial charge on any atom is 0.319 e. The van der Waals surface area contributed by atoms with Crippen molar-refractivity contribution >= 4 is 23.3 Å². The molecule has 0 spiro atoms. The Hall–Kier alpha value is -3.60. The lowest BCUT2D eigenvalue weighted by Crippen LogP contribution is -2.29. The predicted molar refractivity (Wildman–Crippen MR) is 120 cm³/mol. The molecule has 0 saturated carbocycles. The van der Waals surface area contributed by atoms with E-state index in [1.54, 1.807) is 0 Å². The van der Waals surface area contributed by atoms with Gasteiger partial charge in [-0.1, -0.05) is 42.5 Å². The molecule has 0 aliphatic carbocycles. The molecule has 2 N–H and O–H groups in total. The zero-order valence-corrected chi connectivity index (χ0v) is 17.2. The molecule has 0 bridgehead atoms. The lowest BCUT2D eigenvalue weighted by Gasteiger charge is -2.18. The molecule has 1 aliphatic heterocycles. The number of hydrogen-bond acceptors (Lipinski definition) is 2. The van der Waals surface area contributed by atoms with E-state index >= 15 is 0 Å². The number of urea groups is 1. The second-order valence-electron chi connectivity index (χ2n) is 7.66. The average molecular weight is 399 g/mol. The number of aryl methyl sites for hydroxylation is 2. The Balaban J connectivity index is 1.43. The van der Waals surface area contributed by atoms with Gasteiger partial charge >= 0.3 is 6.03 Å². The van der Waals surface area contributed by atoms with Gasteiger partial charge in [-0.25, -0.2) is 4.79 Å². The molecule has 0 fully saturated rings. The van der Waals surface area contributed by atoms with E-state index in [0.717, 1.165) is 40.0 Å². The van der Waals surface area contributed by atoms with Crippen molar-refractivity contribution in [1.29, 1.82) is 0 Å². The Morgan fingerprint density at radius 1 is 0.967 bits per heavy atom. The van der Waals surface area contributed by atoms with Crippen LogP contribution in [-0.2, 0) is 13.0 Å². The first-order valence-corrected chi connectivity index (χ1v) is 10.1. The minimum atomic E-state index is -0.249. The number of anilines is 2. The van der Waals surface area contributed by atoms with Crippen LogP contribution in [0.25, 0.3) is 0 Å². The normalized spacial score (nSPS) is 12.4. The first-order chi connectivity index (χ1) is 14.5. The quantitative estimate of drug-likeness (QED) is 0.660. The maximum absolute atomic E-state index is 12.9. The summed E-state index contributed by atoms with van der Waals surface area (Å²) >= 11 is 0. The van der Waals surface area contributed by atoms with E-state index in [9.17, 15) is 9.59 Å². The smallest absolute Gasteiger partial charge is 0.319 e. The molecule has 0 aromatic heterocycles. The van der Waals surface area contributed by atoms with Crippen molar-refractivity contribution in [3.05, 3.63) is 94.5 Å². The van der Waals surface area contributed by atoms with Crippen molar-refractivity contribution < 1.29 is 9.59 Å².